The fourth-order valence-electron chi connectivity index (χ4n) is 3.51. The molecule has 3 aromatic rings. The summed E-state index contributed by atoms with van der Waals surface area (Å²) >= 11 is 5.98. The van der Waals surface area contributed by atoms with E-state index in [0.29, 0.717) is 5.56 Å². The van der Waals surface area contributed by atoms with E-state index in [1.165, 1.54) is 36.4 Å². The average Bonchev–Trinajstić information content (AvgIpc) is 3.00. The van der Waals surface area contributed by atoms with Gasteiger partial charge in [-0.3, -0.25) is 14.5 Å². The van der Waals surface area contributed by atoms with Crippen LogP contribution in [0.4, 0.5) is 14.5 Å². The summed E-state index contributed by atoms with van der Waals surface area (Å²) in [5.41, 5.74) is -0.301. The minimum atomic E-state index is -1.27. The predicted molar refractivity (Wildman–Crippen MR) is 111 cm³/mol. The third-order valence-electron chi connectivity index (χ3n) is 4.92. The summed E-state index contributed by atoms with van der Waals surface area (Å²) in [4.78, 5) is 26.6. The first-order chi connectivity index (χ1) is 14.8. The van der Waals surface area contributed by atoms with E-state index in [4.69, 9.17) is 11.6 Å². The van der Waals surface area contributed by atoms with Crippen LogP contribution >= 0.6 is 11.6 Å². The van der Waals surface area contributed by atoms with E-state index in [0.717, 1.165) is 23.1 Å². The van der Waals surface area contributed by atoms with Gasteiger partial charge in [-0.1, -0.05) is 35.9 Å². The number of aliphatic hydroxyl groups is 1. The number of nitrogens with zero attached hydrogens (tertiary/aromatic N) is 1. The van der Waals surface area contributed by atoms with Crippen molar-refractivity contribution in [2.75, 3.05) is 4.90 Å². The molecule has 1 amide bonds. The minimum absolute atomic E-state index is 0.0764. The number of hydrogen-bond donors (Lipinski definition) is 2. The van der Waals surface area contributed by atoms with Gasteiger partial charge in [-0.2, -0.15) is 0 Å². The fourth-order valence-corrected chi connectivity index (χ4v) is 3.71. The average molecular weight is 442 g/mol. The van der Waals surface area contributed by atoms with Crippen molar-refractivity contribution in [3.63, 3.8) is 0 Å². The summed E-state index contributed by atoms with van der Waals surface area (Å²) < 4.78 is 28.4. The molecule has 1 aliphatic rings. The van der Waals surface area contributed by atoms with Crippen molar-refractivity contribution < 1.29 is 28.6 Å². The second-order valence-electron chi connectivity index (χ2n) is 6.87. The van der Waals surface area contributed by atoms with Gasteiger partial charge in [0, 0.05) is 16.7 Å². The van der Waals surface area contributed by atoms with E-state index in [2.05, 4.69) is 0 Å². The molecule has 0 radical (unpaired) electrons. The molecule has 0 aromatic heterocycles. The number of aliphatic hydroxyl groups excluding tert-OH is 1. The van der Waals surface area contributed by atoms with Gasteiger partial charge in [-0.05, 0) is 42.0 Å². The van der Waals surface area contributed by atoms with Gasteiger partial charge in [0.1, 0.15) is 23.1 Å². The Labute approximate surface area is 180 Å². The standard InChI is InChI=1S/C23H14ClF2NO4/c24-14-3-1-2-13(10-14)21(29)19-20(12-4-7-16(28)8-5-12)27(23(31)22(19)30)18-11-15(25)6-9-17(18)26/h1-11,20,28-29H/b21-19+. The van der Waals surface area contributed by atoms with Crippen molar-refractivity contribution in [1.82, 2.24) is 0 Å². The number of ketones is 1. The molecule has 1 unspecified atom stereocenters. The fraction of sp³-hybridized carbons (Fsp3) is 0.0435. The third kappa shape index (κ3) is 3.64. The minimum Gasteiger partial charge on any atom is -0.508 e. The van der Waals surface area contributed by atoms with Crippen molar-refractivity contribution in [2.24, 2.45) is 0 Å². The highest BCUT2D eigenvalue weighted by Gasteiger charge is 2.47. The summed E-state index contributed by atoms with van der Waals surface area (Å²) in [6, 6.07) is 12.7. The summed E-state index contributed by atoms with van der Waals surface area (Å²) in [6.45, 7) is 0. The number of halogens is 3. The Bertz CT molecular complexity index is 1240. The second-order valence-corrected chi connectivity index (χ2v) is 7.30. The van der Waals surface area contributed by atoms with Gasteiger partial charge < -0.3 is 10.2 Å². The van der Waals surface area contributed by atoms with E-state index >= 15 is 0 Å². The predicted octanol–water partition coefficient (Wildman–Crippen LogP) is 4.95. The SMILES string of the molecule is O=C1C(=O)N(c2cc(F)ccc2F)C(c2ccc(O)cc2)/C1=C(\O)c1cccc(Cl)c1. The van der Waals surface area contributed by atoms with Gasteiger partial charge >= 0.3 is 0 Å². The molecule has 8 heteroatoms. The molecule has 1 fully saturated rings. The Balaban J connectivity index is 1.99. The third-order valence-corrected chi connectivity index (χ3v) is 5.15. The maximum atomic E-state index is 14.6. The molecular weight excluding hydrogens is 428 g/mol. The molecule has 5 nitrogen and oxygen atoms in total. The first kappa shape index (κ1) is 20.6. The van der Waals surface area contributed by atoms with Crippen LogP contribution in [0.3, 0.4) is 0 Å². The first-order valence-corrected chi connectivity index (χ1v) is 9.46. The summed E-state index contributed by atoms with van der Waals surface area (Å²) in [5.74, 6) is -4.52. The molecule has 156 valence electrons. The van der Waals surface area contributed by atoms with Crippen LogP contribution < -0.4 is 4.90 Å². The van der Waals surface area contributed by atoms with Crippen LogP contribution in [0.5, 0.6) is 5.75 Å². The number of carbonyl (C=O) groups is 2. The van der Waals surface area contributed by atoms with Crippen molar-refractivity contribution in [1.29, 1.82) is 0 Å². The van der Waals surface area contributed by atoms with Crippen LogP contribution in [-0.4, -0.2) is 21.9 Å². The Hall–Kier alpha value is -3.71. The zero-order valence-electron chi connectivity index (χ0n) is 15.7. The summed E-state index contributed by atoms with van der Waals surface area (Å²) in [5, 5.41) is 20.8. The molecule has 0 spiro atoms. The van der Waals surface area contributed by atoms with E-state index in [1.54, 1.807) is 12.1 Å². The van der Waals surface area contributed by atoms with Crippen LogP contribution in [0.25, 0.3) is 5.76 Å². The highest BCUT2D eigenvalue weighted by molar-refractivity contribution is 6.51. The molecule has 1 atom stereocenters. The van der Waals surface area contributed by atoms with E-state index in [9.17, 15) is 28.6 Å². The number of phenolic OH excluding ortho intramolecular Hbond substituents is 1. The number of phenols is 1. The number of hydrogen-bond acceptors (Lipinski definition) is 4. The smallest absolute Gasteiger partial charge is 0.300 e. The molecule has 0 aliphatic carbocycles. The normalized spacial score (nSPS) is 17.9. The van der Waals surface area contributed by atoms with Crippen molar-refractivity contribution in [2.45, 2.75) is 6.04 Å². The van der Waals surface area contributed by atoms with Gasteiger partial charge in [0.15, 0.2) is 0 Å². The van der Waals surface area contributed by atoms with E-state index < -0.39 is 40.8 Å². The highest BCUT2D eigenvalue weighted by Crippen LogP contribution is 2.43. The van der Waals surface area contributed by atoms with Crippen LogP contribution in [0, 0.1) is 11.6 Å². The summed E-state index contributed by atoms with van der Waals surface area (Å²) in [7, 11) is 0. The molecular formula is C23H14ClF2NO4. The zero-order chi connectivity index (χ0) is 22.3. The van der Waals surface area contributed by atoms with Crippen LogP contribution in [0.1, 0.15) is 17.2 Å². The number of rotatable bonds is 3. The Morgan fingerprint density at radius 2 is 1.68 bits per heavy atom. The molecule has 3 aromatic carbocycles. The number of benzene rings is 3. The van der Waals surface area contributed by atoms with Crippen molar-refractivity contribution in [3.8, 4) is 5.75 Å². The quantitative estimate of drug-likeness (QED) is 0.342. The van der Waals surface area contributed by atoms with Gasteiger partial charge in [0.2, 0.25) is 0 Å². The largest absolute Gasteiger partial charge is 0.508 e. The molecule has 2 N–H and O–H groups in total. The van der Waals surface area contributed by atoms with E-state index in [1.807, 2.05) is 0 Å². The van der Waals surface area contributed by atoms with Crippen LogP contribution in [0.15, 0.2) is 72.3 Å². The molecule has 1 saturated heterocycles. The van der Waals surface area contributed by atoms with Gasteiger partial charge in [0.05, 0.1) is 17.3 Å². The lowest BCUT2D eigenvalue weighted by molar-refractivity contribution is -0.132. The monoisotopic (exact) mass is 441 g/mol. The van der Waals surface area contributed by atoms with Crippen molar-refractivity contribution in [3.05, 3.63) is 100 Å². The second kappa shape index (κ2) is 7.85. The molecule has 31 heavy (non-hydrogen) atoms. The number of anilines is 1. The number of carbonyl (C=O) groups excluding carboxylic acids is 2. The Morgan fingerprint density at radius 3 is 2.35 bits per heavy atom. The van der Waals surface area contributed by atoms with Crippen LogP contribution in [-0.2, 0) is 9.59 Å². The summed E-state index contributed by atoms with van der Waals surface area (Å²) in [6.07, 6.45) is 0. The number of amides is 1. The lowest BCUT2D eigenvalue weighted by Crippen LogP contribution is -2.30. The zero-order valence-corrected chi connectivity index (χ0v) is 16.5. The lowest BCUT2D eigenvalue weighted by Gasteiger charge is -2.25. The Kier molecular flexibility index (Phi) is 5.20. The maximum absolute atomic E-state index is 14.6. The van der Waals surface area contributed by atoms with Crippen LogP contribution in [0.2, 0.25) is 5.02 Å². The number of aromatic hydroxyl groups is 1. The Morgan fingerprint density at radius 1 is 0.968 bits per heavy atom. The topological polar surface area (TPSA) is 77.8 Å². The number of Topliss-reactive ketones (excluding diaryl/α,β-unsaturated/α-hetero) is 1. The first-order valence-electron chi connectivity index (χ1n) is 9.09. The van der Waals surface area contributed by atoms with Crippen molar-refractivity contribution >= 4 is 34.7 Å². The van der Waals surface area contributed by atoms with Gasteiger partial charge in [-0.25, -0.2) is 8.78 Å². The lowest BCUT2D eigenvalue weighted by atomic mass is 9.95. The molecule has 0 bridgehead atoms. The molecule has 4 rings (SSSR count). The molecule has 0 saturated carbocycles. The highest BCUT2D eigenvalue weighted by atomic mass is 35.5. The van der Waals surface area contributed by atoms with E-state index in [-0.39, 0.29) is 21.9 Å². The van der Waals surface area contributed by atoms with Gasteiger partial charge in [-0.15, -0.1) is 0 Å². The molecule has 1 heterocycles. The van der Waals surface area contributed by atoms with Gasteiger partial charge in [0.25, 0.3) is 11.7 Å². The maximum Gasteiger partial charge on any atom is 0.300 e. The molecule has 1 aliphatic heterocycles.